The molecule has 0 aromatic carbocycles. The Morgan fingerprint density at radius 3 is 2.39 bits per heavy atom. The molecule has 0 spiro atoms. The number of allylic oxidation sites excluding steroid dienone is 3. The van der Waals surface area contributed by atoms with Crippen molar-refractivity contribution in [2.45, 2.75) is 131 Å². The number of carbonyl (C=O) groups excluding carboxylic acids is 1. The number of fused-ring (bicyclic) bond motifs is 5. The summed E-state index contributed by atoms with van der Waals surface area (Å²) in [4.78, 5) is 22.6. The zero-order valence-electron chi connectivity index (χ0n) is 32.5. The number of carbonyl (C=O) groups is 1. The summed E-state index contributed by atoms with van der Waals surface area (Å²) < 4.78 is 28.9. The van der Waals surface area contributed by atoms with Gasteiger partial charge in [-0.25, -0.2) is 4.57 Å². The first-order valence-electron chi connectivity index (χ1n) is 19.5. The van der Waals surface area contributed by atoms with Gasteiger partial charge in [0.25, 0.3) is 0 Å². The highest BCUT2D eigenvalue weighted by molar-refractivity contribution is 7.47. The van der Waals surface area contributed by atoms with Crippen molar-refractivity contribution < 1.29 is 38.0 Å². The molecule has 9 heteroatoms. The molecule has 0 radical (unpaired) electrons. The molecule has 49 heavy (non-hydrogen) atoms. The highest BCUT2D eigenvalue weighted by Crippen LogP contribution is 2.67. The van der Waals surface area contributed by atoms with Crippen LogP contribution in [0.4, 0.5) is 0 Å². The number of rotatable bonds is 17. The molecular formula is C40H72NO7P. The standard InChI is InChI=1S/C40H70NO6P.H2O/c1-10-31(29(2)3)16-15-30(4)35-19-20-36-34-18-17-32-28-33(21-23-39(32,5)37(34)22-24-40(35,36)6)47-38(42)14-12-11-13-26-45-48(43,44)46-27-25-41(7,8)9;/h15-17,29-31,33-37H,10-14,18-28H2,1-9H3;1H2/b16-15+;/t30-,31-,33+,34?,35-,36?,37?,39+,40-;/m1./s1. The zero-order valence-corrected chi connectivity index (χ0v) is 33.4. The number of phosphoric ester groups is 1. The smallest absolute Gasteiger partial charge is 0.472 e. The maximum absolute atomic E-state index is 12.8. The lowest BCUT2D eigenvalue weighted by atomic mass is 9.47. The monoisotopic (exact) mass is 710 g/mol. The Hall–Kier alpha value is -1.02. The molecule has 0 aromatic heterocycles. The number of quaternary nitrogens is 1. The van der Waals surface area contributed by atoms with Crippen LogP contribution in [0.3, 0.4) is 0 Å². The van der Waals surface area contributed by atoms with Gasteiger partial charge in [0.05, 0.1) is 27.7 Å². The first-order valence-corrected chi connectivity index (χ1v) is 21.0. The molecule has 4 aliphatic carbocycles. The van der Waals surface area contributed by atoms with Crippen molar-refractivity contribution in [3.05, 3.63) is 23.8 Å². The number of unbranched alkanes of at least 4 members (excludes halogenated alkanes) is 2. The van der Waals surface area contributed by atoms with E-state index in [4.69, 9.17) is 13.8 Å². The summed E-state index contributed by atoms with van der Waals surface area (Å²) >= 11 is 0. The number of phosphoric acid groups is 1. The fraction of sp³-hybridized carbons (Fsp3) is 0.875. The Morgan fingerprint density at radius 1 is 1.00 bits per heavy atom. The van der Waals surface area contributed by atoms with Crippen LogP contribution in [0.2, 0.25) is 0 Å². The molecule has 0 amide bonds. The normalized spacial score (nSPS) is 33.9. The summed E-state index contributed by atoms with van der Waals surface area (Å²) in [7, 11) is 1.95. The molecule has 3 saturated carbocycles. The van der Waals surface area contributed by atoms with Crippen LogP contribution in [-0.4, -0.2) is 67.8 Å². The van der Waals surface area contributed by atoms with E-state index in [1.54, 1.807) is 5.57 Å². The molecule has 0 bridgehead atoms. The predicted octanol–water partition coefficient (Wildman–Crippen LogP) is 9.58. The van der Waals surface area contributed by atoms with Gasteiger partial charge in [0.2, 0.25) is 0 Å². The molecule has 0 heterocycles. The fourth-order valence-corrected chi connectivity index (χ4v) is 11.1. The number of esters is 1. The number of likely N-dealkylation sites (N-methyl/N-ethyl adjacent to an activating group) is 1. The molecule has 4 unspecified atom stereocenters. The molecule has 0 saturated heterocycles. The highest BCUT2D eigenvalue weighted by atomic mass is 31.2. The van der Waals surface area contributed by atoms with Crippen molar-refractivity contribution >= 4 is 13.8 Å². The van der Waals surface area contributed by atoms with Crippen LogP contribution >= 0.6 is 7.82 Å². The summed E-state index contributed by atoms with van der Waals surface area (Å²) in [6.45, 7) is 15.6. The molecule has 0 aliphatic heterocycles. The summed E-state index contributed by atoms with van der Waals surface area (Å²) in [6, 6.07) is 0. The van der Waals surface area contributed by atoms with E-state index in [9.17, 15) is 14.3 Å². The second kappa shape index (κ2) is 17.7. The van der Waals surface area contributed by atoms with E-state index < -0.39 is 7.82 Å². The van der Waals surface area contributed by atoms with Crippen molar-refractivity contribution in [2.24, 2.45) is 52.3 Å². The third kappa shape index (κ3) is 10.8. The summed E-state index contributed by atoms with van der Waals surface area (Å²) in [5.74, 6) is 5.07. The van der Waals surface area contributed by atoms with Crippen molar-refractivity contribution in [1.82, 2.24) is 0 Å². The van der Waals surface area contributed by atoms with Crippen molar-refractivity contribution in [2.75, 3.05) is 40.9 Å². The number of nitrogens with zero attached hydrogens (tertiary/aromatic N) is 1. The molecule has 8 nitrogen and oxygen atoms in total. The molecule has 3 fully saturated rings. The first-order chi connectivity index (χ1) is 22.5. The number of ether oxygens (including phenoxy) is 1. The summed E-state index contributed by atoms with van der Waals surface area (Å²) in [5, 5.41) is 0. The van der Waals surface area contributed by atoms with Crippen LogP contribution in [0.5, 0.6) is 0 Å². The molecule has 2 N–H and O–H groups in total. The lowest BCUT2D eigenvalue weighted by Gasteiger charge is -2.58. The summed E-state index contributed by atoms with van der Waals surface area (Å²) in [5.41, 5.74) is 2.24. The predicted molar refractivity (Wildman–Crippen MR) is 197 cm³/mol. The first kappa shape index (κ1) is 42.4. The Labute approximate surface area is 299 Å². The number of hydrogen-bond donors (Lipinski definition) is 1. The molecule has 284 valence electrons. The van der Waals surface area contributed by atoms with E-state index in [-0.39, 0.29) is 36.2 Å². The van der Waals surface area contributed by atoms with Crippen molar-refractivity contribution in [3.8, 4) is 0 Å². The third-order valence-electron chi connectivity index (χ3n) is 13.4. The molecular weight excluding hydrogens is 637 g/mol. The van der Waals surface area contributed by atoms with Crippen LogP contribution in [-0.2, 0) is 23.1 Å². The van der Waals surface area contributed by atoms with Crippen molar-refractivity contribution in [3.63, 3.8) is 0 Å². The van der Waals surface area contributed by atoms with E-state index in [0.29, 0.717) is 53.5 Å². The van der Waals surface area contributed by atoms with Gasteiger partial charge in [-0.2, -0.15) is 0 Å². The lowest BCUT2D eigenvalue weighted by molar-refractivity contribution is -0.870. The SMILES string of the molecule is CC[C@H](/C=C/[C@@H](C)[C@H]1CCC2C3CC=C4C[C@@H](OC(=O)CCCCCOP(=O)(O)OCC[N+](C)(C)C)CC[C@]4(C)C3CC[C@@]21C)C(C)C.[OH-]. The Bertz CT molecular complexity index is 1180. The largest absolute Gasteiger partial charge is 0.870 e. The van der Waals surface area contributed by atoms with Crippen LogP contribution < -0.4 is 0 Å². The Balaban J connectivity index is 0.00000650. The lowest BCUT2D eigenvalue weighted by Crippen LogP contribution is -2.51. The number of hydrogen-bond acceptors (Lipinski definition) is 6. The topological polar surface area (TPSA) is 112 Å². The molecule has 0 aromatic rings. The van der Waals surface area contributed by atoms with E-state index in [1.165, 1.54) is 38.5 Å². The third-order valence-corrected chi connectivity index (χ3v) is 14.4. The van der Waals surface area contributed by atoms with Gasteiger partial charge in [-0.15, -0.1) is 0 Å². The molecule has 10 atom stereocenters. The van der Waals surface area contributed by atoms with E-state index in [0.717, 1.165) is 49.4 Å². The van der Waals surface area contributed by atoms with Gasteiger partial charge in [-0.05, 0) is 116 Å². The van der Waals surface area contributed by atoms with Crippen LogP contribution in [0.1, 0.15) is 125 Å². The quantitative estimate of drug-likeness (QED) is 0.0526. The maximum Gasteiger partial charge on any atom is 0.472 e. The van der Waals surface area contributed by atoms with Gasteiger partial charge in [-0.1, -0.05) is 71.8 Å². The van der Waals surface area contributed by atoms with Crippen LogP contribution in [0, 0.1) is 52.3 Å². The minimum Gasteiger partial charge on any atom is -0.870 e. The summed E-state index contributed by atoms with van der Waals surface area (Å²) in [6.07, 6.45) is 20.9. The minimum atomic E-state index is -4.03. The van der Waals surface area contributed by atoms with Crippen LogP contribution in [0.15, 0.2) is 23.8 Å². The molecule has 4 aliphatic rings. The zero-order chi connectivity index (χ0) is 35.3. The van der Waals surface area contributed by atoms with Gasteiger partial charge in [-0.3, -0.25) is 13.8 Å². The van der Waals surface area contributed by atoms with Gasteiger partial charge >= 0.3 is 13.8 Å². The Kier molecular flexibility index (Phi) is 15.3. The molecule has 4 rings (SSSR count). The maximum atomic E-state index is 12.8. The van der Waals surface area contributed by atoms with Crippen molar-refractivity contribution in [1.29, 1.82) is 0 Å². The fourth-order valence-electron chi connectivity index (χ4n) is 10.4. The average molecular weight is 710 g/mol. The van der Waals surface area contributed by atoms with E-state index in [1.807, 2.05) is 21.1 Å². The minimum absolute atomic E-state index is 0. The Morgan fingerprint density at radius 2 is 1.71 bits per heavy atom. The second-order valence-electron chi connectivity index (χ2n) is 17.9. The van der Waals surface area contributed by atoms with Gasteiger partial charge in [0, 0.05) is 12.8 Å². The van der Waals surface area contributed by atoms with Gasteiger partial charge < -0.3 is 19.6 Å². The van der Waals surface area contributed by atoms with Gasteiger partial charge in [0.1, 0.15) is 19.3 Å². The second-order valence-corrected chi connectivity index (χ2v) is 19.3. The van der Waals surface area contributed by atoms with Gasteiger partial charge in [0.15, 0.2) is 0 Å². The van der Waals surface area contributed by atoms with E-state index >= 15 is 0 Å². The van der Waals surface area contributed by atoms with Crippen LogP contribution in [0.25, 0.3) is 0 Å². The highest BCUT2D eigenvalue weighted by Gasteiger charge is 2.59. The van der Waals surface area contributed by atoms with E-state index in [2.05, 4.69) is 59.8 Å². The average Bonchev–Trinajstić information content (AvgIpc) is 3.35.